The van der Waals surface area contributed by atoms with Crippen molar-refractivity contribution in [1.82, 2.24) is 14.8 Å². The molecule has 41 heavy (non-hydrogen) atoms. The normalized spacial score (nSPS) is 18.7. The van der Waals surface area contributed by atoms with E-state index >= 15 is 0 Å². The number of carbonyl (C=O) groups is 2. The van der Waals surface area contributed by atoms with Gasteiger partial charge in [-0.2, -0.15) is 0 Å². The van der Waals surface area contributed by atoms with Crippen LogP contribution in [0.25, 0.3) is 0 Å². The number of hydrogen-bond acceptors (Lipinski definition) is 8. The highest BCUT2D eigenvalue weighted by molar-refractivity contribution is 6.02. The van der Waals surface area contributed by atoms with Crippen LogP contribution in [0.5, 0.6) is 17.2 Å². The molecule has 3 amide bonds. The number of nitrogens with zero attached hydrogens (tertiary/aromatic N) is 3. The number of likely N-dealkylation sites (N-methyl/N-ethyl adjacent to an activating group) is 1. The minimum atomic E-state index is -0.479. The average Bonchev–Trinajstić information content (AvgIpc) is 3.43. The summed E-state index contributed by atoms with van der Waals surface area (Å²) in [4.78, 5) is 34.4. The van der Waals surface area contributed by atoms with E-state index in [9.17, 15) is 14.7 Å². The Bertz CT molecular complexity index is 1390. The number of urea groups is 1. The molecule has 0 saturated heterocycles. The van der Waals surface area contributed by atoms with Gasteiger partial charge >= 0.3 is 6.03 Å². The zero-order valence-electron chi connectivity index (χ0n) is 23.4. The van der Waals surface area contributed by atoms with Crippen molar-refractivity contribution in [2.24, 2.45) is 5.92 Å². The predicted molar refractivity (Wildman–Crippen MR) is 153 cm³/mol. The van der Waals surface area contributed by atoms with E-state index in [0.717, 1.165) is 12.1 Å². The molecule has 0 bridgehead atoms. The van der Waals surface area contributed by atoms with Gasteiger partial charge in [0.15, 0.2) is 11.5 Å². The van der Waals surface area contributed by atoms with Crippen LogP contribution in [-0.2, 0) is 6.54 Å². The highest BCUT2D eigenvalue weighted by Crippen LogP contribution is 2.34. The lowest BCUT2D eigenvalue weighted by molar-refractivity contribution is 0.0341. The minimum Gasteiger partial charge on any atom is -0.488 e. The molecule has 0 saturated carbocycles. The summed E-state index contributed by atoms with van der Waals surface area (Å²) in [6, 6.07) is 13.2. The molecule has 2 aliphatic heterocycles. The Labute approximate surface area is 239 Å². The van der Waals surface area contributed by atoms with Crippen molar-refractivity contribution in [1.29, 1.82) is 0 Å². The largest absolute Gasteiger partial charge is 0.488 e. The summed E-state index contributed by atoms with van der Waals surface area (Å²) in [5, 5.41) is 15.5. The molecule has 216 valence electrons. The number of ether oxygens (including phenoxy) is 3. The van der Waals surface area contributed by atoms with Gasteiger partial charge in [-0.3, -0.25) is 14.7 Å². The molecule has 11 heteroatoms. The van der Waals surface area contributed by atoms with Crippen LogP contribution in [0.15, 0.2) is 60.9 Å². The molecular formula is C30H35N5O6. The van der Waals surface area contributed by atoms with Crippen molar-refractivity contribution in [2.75, 3.05) is 44.2 Å². The number of aliphatic hydroxyl groups is 1. The molecule has 3 aromatic rings. The summed E-state index contributed by atoms with van der Waals surface area (Å²) in [6.45, 7) is 5.60. The van der Waals surface area contributed by atoms with Gasteiger partial charge < -0.3 is 34.9 Å². The van der Waals surface area contributed by atoms with Crippen LogP contribution in [-0.4, -0.2) is 77.5 Å². The van der Waals surface area contributed by atoms with E-state index < -0.39 is 12.1 Å². The predicted octanol–water partition coefficient (Wildman–Crippen LogP) is 3.81. The zero-order chi connectivity index (χ0) is 28.9. The van der Waals surface area contributed by atoms with Gasteiger partial charge in [0.25, 0.3) is 5.91 Å². The quantitative estimate of drug-likeness (QED) is 0.379. The molecule has 2 aromatic carbocycles. The van der Waals surface area contributed by atoms with Crippen LogP contribution in [0.1, 0.15) is 29.8 Å². The molecule has 3 N–H and O–H groups in total. The fourth-order valence-electron chi connectivity index (χ4n) is 4.96. The van der Waals surface area contributed by atoms with Crippen LogP contribution in [0.3, 0.4) is 0 Å². The van der Waals surface area contributed by atoms with Crippen molar-refractivity contribution >= 4 is 23.3 Å². The molecule has 0 radical (unpaired) electrons. The lowest BCUT2D eigenvalue weighted by Crippen LogP contribution is -2.49. The maximum absolute atomic E-state index is 13.7. The number of carbonyl (C=O) groups excluding carboxylic acids is 2. The number of nitrogens with one attached hydrogen (secondary N) is 2. The fraction of sp³-hybridized carbons (Fsp3) is 0.367. The van der Waals surface area contributed by atoms with E-state index in [0.29, 0.717) is 47.3 Å². The SMILES string of the molecule is C[C@@H]1CN([C@@H](C)CO)C(=O)c2cc(NC(=O)Nc3ccc4c(c3)OCO4)ccc2O[C@@H]1CN(C)Cc1ccncc1. The highest BCUT2D eigenvalue weighted by Gasteiger charge is 2.33. The maximum Gasteiger partial charge on any atom is 0.323 e. The Morgan fingerprint density at radius 1 is 1.07 bits per heavy atom. The fourth-order valence-corrected chi connectivity index (χ4v) is 4.96. The molecule has 0 spiro atoms. The summed E-state index contributed by atoms with van der Waals surface area (Å²) in [5.74, 6) is 1.33. The Hall–Kier alpha value is -4.35. The first kappa shape index (κ1) is 28.2. The van der Waals surface area contributed by atoms with Crippen LogP contribution in [0.4, 0.5) is 16.2 Å². The van der Waals surface area contributed by atoms with Gasteiger partial charge in [0, 0.05) is 55.4 Å². The number of benzene rings is 2. The number of aliphatic hydroxyl groups excluding tert-OH is 1. The first-order chi connectivity index (χ1) is 19.8. The number of amides is 3. The first-order valence-corrected chi connectivity index (χ1v) is 13.6. The van der Waals surface area contributed by atoms with Gasteiger partial charge in [0.1, 0.15) is 11.9 Å². The molecule has 0 unspecified atom stereocenters. The standard InChI is InChI=1S/C30H35N5O6/c1-19-14-35(20(2)17-36)29(37)24-12-22(32-30(38)33-23-5-7-26-27(13-23)40-18-39-26)4-6-25(24)41-28(19)16-34(3)15-21-8-10-31-11-9-21/h4-13,19-20,28,36H,14-18H2,1-3H3,(H2,32,33,38)/t19-,20+,28-/m1/s1. The van der Waals surface area contributed by atoms with Gasteiger partial charge in [-0.1, -0.05) is 6.92 Å². The highest BCUT2D eigenvalue weighted by atomic mass is 16.7. The molecule has 3 heterocycles. The van der Waals surface area contributed by atoms with Crippen molar-refractivity contribution in [2.45, 2.75) is 32.5 Å². The van der Waals surface area contributed by atoms with Crippen molar-refractivity contribution in [3.05, 3.63) is 72.1 Å². The zero-order valence-corrected chi connectivity index (χ0v) is 23.4. The third kappa shape index (κ3) is 6.69. The lowest BCUT2D eigenvalue weighted by Gasteiger charge is -2.38. The Kier molecular flexibility index (Phi) is 8.55. The Morgan fingerprint density at radius 2 is 1.76 bits per heavy atom. The number of fused-ring (bicyclic) bond motifs is 2. The van der Waals surface area contributed by atoms with Crippen LogP contribution in [0, 0.1) is 5.92 Å². The number of rotatable bonds is 8. The summed E-state index contributed by atoms with van der Waals surface area (Å²) in [7, 11) is 2.03. The van der Waals surface area contributed by atoms with Crippen molar-refractivity contribution < 1.29 is 28.9 Å². The molecule has 1 aromatic heterocycles. The topological polar surface area (TPSA) is 125 Å². The van der Waals surface area contributed by atoms with Crippen LogP contribution in [0.2, 0.25) is 0 Å². The van der Waals surface area contributed by atoms with Gasteiger partial charge in [0.2, 0.25) is 6.79 Å². The lowest BCUT2D eigenvalue weighted by atomic mass is 9.99. The van der Waals surface area contributed by atoms with E-state index in [1.165, 1.54) is 0 Å². The monoisotopic (exact) mass is 561 g/mol. The molecule has 11 nitrogen and oxygen atoms in total. The second kappa shape index (κ2) is 12.4. The van der Waals surface area contributed by atoms with Gasteiger partial charge in [-0.25, -0.2) is 4.79 Å². The second-order valence-corrected chi connectivity index (χ2v) is 10.5. The van der Waals surface area contributed by atoms with E-state index in [1.54, 1.807) is 53.7 Å². The molecule has 3 atom stereocenters. The second-order valence-electron chi connectivity index (χ2n) is 10.5. The van der Waals surface area contributed by atoms with Crippen LogP contribution < -0.4 is 24.8 Å². The van der Waals surface area contributed by atoms with E-state index in [4.69, 9.17) is 14.2 Å². The number of anilines is 2. The number of aromatic nitrogens is 1. The molecular weight excluding hydrogens is 526 g/mol. The maximum atomic E-state index is 13.7. The van der Waals surface area contributed by atoms with Crippen molar-refractivity contribution in [3.63, 3.8) is 0 Å². The molecule has 5 rings (SSSR count). The minimum absolute atomic E-state index is 0.00808. The third-order valence-corrected chi connectivity index (χ3v) is 7.25. The van der Waals surface area contributed by atoms with E-state index in [2.05, 4.69) is 27.4 Å². The summed E-state index contributed by atoms with van der Waals surface area (Å²) >= 11 is 0. The Morgan fingerprint density at radius 3 is 2.49 bits per heavy atom. The summed E-state index contributed by atoms with van der Waals surface area (Å²) in [5.41, 5.74) is 2.42. The average molecular weight is 562 g/mol. The summed E-state index contributed by atoms with van der Waals surface area (Å²) in [6.07, 6.45) is 3.32. The van der Waals surface area contributed by atoms with Gasteiger partial charge in [-0.05, 0) is 62.0 Å². The van der Waals surface area contributed by atoms with Crippen molar-refractivity contribution in [3.8, 4) is 17.2 Å². The Balaban J connectivity index is 1.34. The molecule has 2 aliphatic rings. The van der Waals surface area contributed by atoms with E-state index in [1.807, 2.05) is 26.1 Å². The van der Waals surface area contributed by atoms with Crippen LogP contribution >= 0.6 is 0 Å². The number of hydrogen-bond donors (Lipinski definition) is 3. The first-order valence-electron chi connectivity index (χ1n) is 13.6. The van der Waals surface area contributed by atoms with Gasteiger partial charge in [-0.15, -0.1) is 0 Å². The molecule has 0 fully saturated rings. The number of pyridine rings is 1. The smallest absolute Gasteiger partial charge is 0.323 e. The van der Waals surface area contributed by atoms with E-state index in [-0.39, 0.29) is 31.3 Å². The van der Waals surface area contributed by atoms with Gasteiger partial charge in [0.05, 0.1) is 18.2 Å². The summed E-state index contributed by atoms with van der Waals surface area (Å²) < 4.78 is 17.2. The third-order valence-electron chi connectivity index (χ3n) is 7.25. The molecule has 0 aliphatic carbocycles.